The lowest BCUT2D eigenvalue weighted by Crippen LogP contribution is -2.52. The topological polar surface area (TPSA) is 63.3 Å². The maximum absolute atomic E-state index is 12.6. The summed E-state index contributed by atoms with van der Waals surface area (Å²) in [6, 6.07) is 4.19. The van der Waals surface area contributed by atoms with Gasteiger partial charge < -0.3 is 24.4 Å². The zero-order chi connectivity index (χ0) is 19.6. The fourth-order valence-electron chi connectivity index (χ4n) is 4.68. The smallest absolute Gasteiger partial charge is 0.236 e. The summed E-state index contributed by atoms with van der Waals surface area (Å²) in [5, 5.41) is 3.30. The van der Waals surface area contributed by atoms with Crippen molar-refractivity contribution in [2.45, 2.75) is 24.9 Å². The van der Waals surface area contributed by atoms with Crippen molar-refractivity contribution in [3.05, 3.63) is 23.3 Å². The molecule has 1 amide bonds. The Labute approximate surface area is 166 Å². The number of likely N-dealkylation sites (tertiary alicyclic amines) is 1. The first-order valence-electron chi connectivity index (χ1n) is 10.3. The molecule has 1 N–H and O–H groups in total. The molecule has 1 aromatic rings. The Bertz CT molecular complexity index is 710. The predicted octanol–water partition coefficient (Wildman–Crippen LogP) is 0.999. The summed E-state index contributed by atoms with van der Waals surface area (Å²) in [4.78, 5) is 16.8. The normalized spacial score (nSPS) is 22.0. The quantitative estimate of drug-likeness (QED) is 0.829. The van der Waals surface area contributed by atoms with Crippen LogP contribution in [-0.2, 0) is 21.6 Å². The number of piperidine rings is 1. The van der Waals surface area contributed by atoms with Crippen LogP contribution in [-0.4, -0.2) is 82.3 Å². The number of piperazine rings is 1. The lowest BCUT2D eigenvalue weighted by atomic mass is 9.79. The van der Waals surface area contributed by atoms with E-state index in [9.17, 15) is 4.79 Å². The van der Waals surface area contributed by atoms with Gasteiger partial charge in [-0.2, -0.15) is 0 Å². The Morgan fingerprint density at radius 2 is 1.79 bits per heavy atom. The first-order chi connectivity index (χ1) is 13.6. The van der Waals surface area contributed by atoms with Crippen LogP contribution in [0.1, 0.15) is 24.0 Å². The number of nitrogens with one attached hydrogen (secondary N) is 1. The van der Waals surface area contributed by atoms with Gasteiger partial charge in [-0.1, -0.05) is 0 Å². The van der Waals surface area contributed by atoms with E-state index < -0.39 is 0 Å². The zero-order valence-electron chi connectivity index (χ0n) is 17.0. The second-order valence-electron chi connectivity index (χ2n) is 7.86. The van der Waals surface area contributed by atoms with E-state index in [1.807, 2.05) is 4.90 Å². The number of carbonyl (C=O) groups excluding carboxylic acids is 1. The van der Waals surface area contributed by atoms with Gasteiger partial charge in [0.05, 0.1) is 33.0 Å². The molecule has 2 fully saturated rings. The Morgan fingerprint density at radius 3 is 2.46 bits per heavy atom. The molecule has 3 aliphatic heterocycles. The van der Waals surface area contributed by atoms with Crippen LogP contribution < -0.4 is 14.8 Å². The summed E-state index contributed by atoms with van der Waals surface area (Å²) in [7, 11) is 3.35. The van der Waals surface area contributed by atoms with Crippen molar-refractivity contribution in [1.29, 1.82) is 0 Å². The SMILES string of the molecule is COc1cc2c(cc1OC)C1(CCN(CC(=O)N3CCNCC3)CC1)OCC2. The molecule has 28 heavy (non-hydrogen) atoms. The molecule has 1 aromatic carbocycles. The minimum absolute atomic E-state index is 0.244. The minimum Gasteiger partial charge on any atom is -0.493 e. The first kappa shape index (κ1) is 19.5. The standard InChI is InChI=1S/C21H31N3O4/c1-26-18-13-16-3-12-28-21(17(16)14-19(18)27-2)4-8-23(9-5-21)15-20(25)24-10-6-22-7-11-24/h13-14,22H,3-12,15H2,1-2H3. The third kappa shape index (κ3) is 3.71. The lowest BCUT2D eigenvalue weighted by molar-refractivity contribution is -0.136. The molecule has 0 atom stereocenters. The van der Waals surface area contributed by atoms with E-state index in [0.29, 0.717) is 6.54 Å². The average Bonchev–Trinajstić information content (AvgIpc) is 2.75. The van der Waals surface area contributed by atoms with E-state index in [4.69, 9.17) is 14.2 Å². The molecule has 0 aromatic heterocycles. The van der Waals surface area contributed by atoms with Gasteiger partial charge in [-0.3, -0.25) is 9.69 Å². The molecule has 0 radical (unpaired) electrons. The summed E-state index contributed by atoms with van der Waals surface area (Å²) in [6.45, 7) is 6.38. The molecule has 3 heterocycles. The van der Waals surface area contributed by atoms with Gasteiger partial charge >= 0.3 is 0 Å². The summed E-state index contributed by atoms with van der Waals surface area (Å²) in [6.07, 6.45) is 2.68. The number of benzene rings is 1. The molecule has 0 aliphatic carbocycles. The lowest BCUT2D eigenvalue weighted by Gasteiger charge is -2.45. The minimum atomic E-state index is -0.276. The number of methoxy groups -OCH3 is 2. The van der Waals surface area contributed by atoms with Gasteiger partial charge in [0.2, 0.25) is 5.91 Å². The summed E-state index contributed by atoms with van der Waals surface area (Å²) in [5.41, 5.74) is 2.24. The molecule has 3 aliphatic rings. The second kappa shape index (κ2) is 8.27. The number of amides is 1. The van der Waals surface area contributed by atoms with Gasteiger partial charge in [0.25, 0.3) is 0 Å². The zero-order valence-corrected chi connectivity index (χ0v) is 17.0. The number of fused-ring (bicyclic) bond motifs is 2. The number of hydrogen-bond acceptors (Lipinski definition) is 6. The van der Waals surface area contributed by atoms with Crippen LogP contribution in [0.2, 0.25) is 0 Å². The summed E-state index contributed by atoms with van der Waals surface area (Å²) < 4.78 is 17.4. The van der Waals surface area contributed by atoms with Crippen molar-refractivity contribution in [2.75, 3.05) is 66.6 Å². The first-order valence-corrected chi connectivity index (χ1v) is 10.3. The predicted molar refractivity (Wildman–Crippen MR) is 106 cm³/mol. The maximum Gasteiger partial charge on any atom is 0.236 e. The third-order valence-corrected chi connectivity index (χ3v) is 6.34. The van der Waals surface area contributed by atoms with Crippen molar-refractivity contribution in [1.82, 2.24) is 15.1 Å². The molecule has 2 saturated heterocycles. The number of carbonyl (C=O) groups is 1. The molecule has 7 nitrogen and oxygen atoms in total. The third-order valence-electron chi connectivity index (χ3n) is 6.34. The fraction of sp³-hybridized carbons (Fsp3) is 0.667. The van der Waals surface area contributed by atoms with E-state index in [1.165, 1.54) is 11.1 Å². The van der Waals surface area contributed by atoms with Crippen LogP contribution in [0.5, 0.6) is 11.5 Å². The van der Waals surface area contributed by atoms with Gasteiger partial charge in [-0.25, -0.2) is 0 Å². The Hall–Kier alpha value is -1.83. The average molecular weight is 389 g/mol. The monoisotopic (exact) mass is 389 g/mol. The van der Waals surface area contributed by atoms with Gasteiger partial charge in [0.1, 0.15) is 0 Å². The van der Waals surface area contributed by atoms with E-state index in [-0.39, 0.29) is 11.5 Å². The highest BCUT2D eigenvalue weighted by Crippen LogP contribution is 2.45. The van der Waals surface area contributed by atoms with E-state index in [2.05, 4.69) is 22.3 Å². The van der Waals surface area contributed by atoms with Crippen molar-refractivity contribution in [3.63, 3.8) is 0 Å². The highest BCUT2D eigenvalue weighted by Gasteiger charge is 2.42. The molecule has 4 rings (SSSR count). The van der Waals surface area contributed by atoms with Crippen LogP contribution >= 0.6 is 0 Å². The van der Waals surface area contributed by atoms with Gasteiger partial charge in [0.15, 0.2) is 11.5 Å². The number of rotatable bonds is 4. The van der Waals surface area contributed by atoms with Gasteiger partial charge in [-0.05, 0) is 42.5 Å². The Kier molecular flexibility index (Phi) is 5.75. The molecule has 0 unspecified atom stereocenters. The highest BCUT2D eigenvalue weighted by molar-refractivity contribution is 5.78. The number of nitrogens with zero attached hydrogens (tertiary/aromatic N) is 2. The Balaban J connectivity index is 1.45. The molecular weight excluding hydrogens is 358 g/mol. The van der Waals surface area contributed by atoms with Crippen molar-refractivity contribution in [2.24, 2.45) is 0 Å². The van der Waals surface area contributed by atoms with Crippen LogP contribution in [0.25, 0.3) is 0 Å². The fourth-order valence-corrected chi connectivity index (χ4v) is 4.68. The Morgan fingerprint density at radius 1 is 1.11 bits per heavy atom. The van der Waals surface area contributed by atoms with Crippen LogP contribution in [0.4, 0.5) is 0 Å². The second-order valence-corrected chi connectivity index (χ2v) is 7.86. The van der Waals surface area contributed by atoms with Crippen LogP contribution in [0, 0.1) is 0 Å². The highest BCUT2D eigenvalue weighted by atomic mass is 16.5. The molecule has 0 bridgehead atoms. The van der Waals surface area contributed by atoms with E-state index in [0.717, 1.165) is 76.6 Å². The van der Waals surface area contributed by atoms with Crippen LogP contribution in [0.3, 0.4) is 0 Å². The largest absolute Gasteiger partial charge is 0.493 e. The molecule has 154 valence electrons. The molecule has 7 heteroatoms. The van der Waals surface area contributed by atoms with E-state index in [1.54, 1.807) is 14.2 Å². The molecule has 1 spiro atoms. The molecular formula is C21H31N3O4. The van der Waals surface area contributed by atoms with Crippen molar-refractivity contribution in [3.8, 4) is 11.5 Å². The maximum atomic E-state index is 12.6. The number of hydrogen-bond donors (Lipinski definition) is 1. The summed E-state index contributed by atoms with van der Waals surface area (Å²) >= 11 is 0. The van der Waals surface area contributed by atoms with Crippen LogP contribution in [0.15, 0.2) is 12.1 Å². The number of ether oxygens (including phenoxy) is 3. The molecule has 0 saturated carbocycles. The van der Waals surface area contributed by atoms with Crippen molar-refractivity contribution >= 4 is 5.91 Å². The van der Waals surface area contributed by atoms with Gasteiger partial charge in [0, 0.05) is 39.3 Å². The van der Waals surface area contributed by atoms with Gasteiger partial charge in [-0.15, -0.1) is 0 Å². The van der Waals surface area contributed by atoms with Crippen molar-refractivity contribution < 1.29 is 19.0 Å². The van der Waals surface area contributed by atoms with E-state index >= 15 is 0 Å². The summed E-state index contributed by atoms with van der Waals surface area (Å²) in [5.74, 6) is 1.77.